The fourth-order valence-corrected chi connectivity index (χ4v) is 5.33. The number of hydrogen-bond donors (Lipinski definition) is 2. The van der Waals surface area contributed by atoms with Crippen LogP contribution in [0.3, 0.4) is 0 Å². The van der Waals surface area contributed by atoms with Crippen LogP contribution in [0.15, 0.2) is 59.5 Å². The van der Waals surface area contributed by atoms with Gasteiger partial charge in [0.25, 0.3) is 5.91 Å². The molecule has 0 bridgehead atoms. The van der Waals surface area contributed by atoms with Gasteiger partial charge in [0.1, 0.15) is 0 Å². The van der Waals surface area contributed by atoms with Crippen molar-refractivity contribution in [2.45, 2.75) is 36.7 Å². The van der Waals surface area contributed by atoms with E-state index in [4.69, 9.17) is 0 Å². The second-order valence-electron chi connectivity index (χ2n) is 8.00. The van der Waals surface area contributed by atoms with Crippen molar-refractivity contribution in [2.75, 3.05) is 26.2 Å². The van der Waals surface area contributed by atoms with Gasteiger partial charge in [0.2, 0.25) is 10.0 Å². The summed E-state index contributed by atoms with van der Waals surface area (Å²) in [4.78, 5) is 14.4. The van der Waals surface area contributed by atoms with E-state index in [0.29, 0.717) is 37.1 Å². The monoisotopic (exact) mass is 414 g/mol. The Kier molecular flexibility index (Phi) is 5.72. The largest absolute Gasteiger partial charge is 0.348 e. The molecule has 0 aromatic heterocycles. The van der Waals surface area contributed by atoms with Crippen LogP contribution in [0.5, 0.6) is 0 Å². The zero-order valence-corrected chi connectivity index (χ0v) is 17.5. The van der Waals surface area contributed by atoms with Gasteiger partial charge in [0, 0.05) is 11.6 Å². The summed E-state index contributed by atoms with van der Waals surface area (Å²) in [5.41, 5.74) is 2.01. The Morgan fingerprint density at radius 3 is 2.24 bits per heavy atom. The maximum Gasteiger partial charge on any atom is 0.283 e. The number of amides is 1. The first-order valence-electron chi connectivity index (χ1n) is 10.2. The van der Waals surface area contributed by atoms with Gasteiger partial charge in [-0.1, -0.05) is 48.0 Å². The molecular weight excluding hydrogens is 386 g/mol. The maximum atomic E-state index is 13.0. The highest BCUT2D eigenvalue weighted by atomic mass is 32.2. The van der Waals surface area contributed by atoms with Crippen molar-refractivity contribution >= 4 is 15.9 Å². The standard InChI is InChI=1S/C22H27N3O3S/c1-17-7-11-20(12-8-17)29(27,28)25-15-13-24(14-16-25)21(18-5-3-2-4-6-18)22(26)23-19-9-10-19/h2-8,11-12,19,21H,9-10,13-16H2,1H3,(H,23,26)/p+1/t21-/m1/s1. The Balaban J connectivity index is 1.48. The second kappa shape index (κ2) is 8.26. The number of hydrogen-bond acceptors (Lipinski definition) is 3. The number of aryl methyl sites for hydroxylation is 1. The molecule has 1 heterocycles. The first kappa shape index (κ1) is 20.1. The number of piperazine rings is 1. The van der Waals surface area contributed by atoms with Crippen molar-refractivity contribution in [3.8, 4) is 0 Å². The summed E-state index contributed by atoms with van der Waals surface area (Å²) in [5, 5.41) is 3.13. The third kappa shape index (κ3) is 4.52. The predicted octanol–water partition coefficient (Wildman–Crippen LogP) is 0.904. The van der Waals surface area contributed by atoms with E-state index in [2.05, 4.69) is 5.32 Å². The minimum Gasteiger partial charge on any atom is -0.348 e. The van der Waals surface area contributed by atoms with Gasteiger partial charge in [0.05, 0.1) is 31.1 Å². The molecule has 1 amide bonds. The second-order valence-corrected chi connectivity index (χ2v) is 9.94. The van der Waals surface area contributed by atoms with Crippen LogP contribution in [0.25, 0.3) is 0 Å². The van der Waals surface area contributed by atoms with Crippen molar-refractivity contribution < 1.29 is 18.1 Å². The fourth-order valence-electron chi connectivity index (χ4n) is 3.89. The molecule has 2 fully saturated rings. The minimum atomic E-state index is -3.50. The van der Waals surface area contributed by atoms with Crippen molar-refractivity contribution in [1.82, 2.24) is 9.62 Å². The number of quaternary nitrogens is 1. The van der Waals surface area contributed by atoms with Crippen LogP contribution in [-0.2, 0) is 14.8 Å². The molecule has 7 heteroatoms. The van der Waals surface area contributed by atoms with Crippen LogP contribution >= 0.6 is 0 Å². The molecule has 1 saturated carbocycles. The highest BCUT2D eigenvalue weighted by Gasteiger charge is 2.39. The van der Waals surface area contributed by atoms with E-state index in [9.17, 15) is 13.2 Å². The summed E-state index contributed by atoms with van der Waals surface area (Å²) in [6.45, 7) is 3.96. The van der Waals surface area contributed by atoms with Crippen molar-refractivity contribution in [3.05, 3.63) is 65.7 Å². The Morgan fingerprint density at radius 2 is 1.66 bits per heavy atom. The van der Waals surface area contributed by atoms with Gasteiger partial charge in [-0.05, 0) is 31.9 Å². The lowest BCUT2D eigenvalue weighted by Crippen LogP contribution is -3.16. The minimum absolute atomic E-state index is 0.0449. The lowest BCUT2D eigenvalue weighted by molar-refractivity contribution is -0.925. The summed E-state index contributed by atoms with van der Waals surface area (Å²) in [6.07, 6.45) is 2.09. The molecule has 0 radical (unpaired) electrons. The van der Waals surface area contributed by atoms with Crippen LogP contribution in [0.4, 0.5) is 0 Å². The molecule has 154 valence electrons. The highest BCUT2D eigenvalue weighted by Crippen LogP contribution is 2.21. The smallest absolute Gasteiger partial charge is 0.283 e. The number of nitrogens with zero attached hydrogens (tertiary/aromatic N) is 1. The van der Waals surface area contributed by atoms with Gasteiger partial charge in [-0.25, -0.2) is 8.42 Å². The molecule has 1 atom stereocenters. The number of nitrogens with one attached hydrogen (secondary N) is 2. The van der Waals surface area contributed by atoms with E-state index in [1.807, 2.05) is 49.4 Å². The molecule has 1 aliphatic heterocycles. The Morgan fingerprint density at radius 1 is 1.03 bits per heavy atom. The van der Waals surface area contributed by atoms with Gasteiger partial charge in [-0.15, -0.1) is 0 Å². The molecule has 2 aromatic rings. The van der Waals surface area contributed by atoms with Gasteiger partial charge in [-0.2, -0.15) is 4.31 Å². The van der Waals surface area contributed by atoms with Gasteiger partial charge in [-0.3, -0.25) is 4.79 Å². The maximum absolute atomic E-state index is 13.0. The number of rotatable bonds is 6. The molecule has 4 rings (SSSR count). The van der Waals surface area contributed by atoms with Gasteiger partial charge < -0.3 is 10.2 Å². The van der Waals surface area contributed by atoms with Crippen molar-refractivity contribution in [3.63, 3.8) is 0 Å². The first-order chi connectivity index (χ1) is 13.9. The zero-order valence-electron chi connectivity index (χ0n) is 16.7. The van der Waals surface area contributed by atoms with E-state index in [1.165, 1.54) is 0 Å². The number of carbonyl (C=O) groups excluding carboxylic acids is 1. The van der Waals surface area contributed by atoms with Gasteiger partial charge >= 0.3 is 0 Å². The summed E-state index contributed by atoms with van der Waals surface area (Å²) < 4.78 is 27.5. The van der Waals surface area contributed by atoms with E-state index in [1.54, 1.807) is 16.4 Å². The molecule has 0 spiro atoms. The van der Waals surface area contributed by atoms with Crippen LogP contribution in [0.2, 0.25) is 0 Å². The third-order valence-electron chi connectivity index (χ3n) is 5.75. The zero-order chi connectivity index (χ0) is 20.4. The lowest BCUT2D eigenvalue weighted by Gasteiger charge is -2.35. The van der Waals surface area contributed by atoms with E-state index >= 15 is 0 Å². The summed E-state index contributed by atoms with van der Waals surface area (Å²) in [6, 6.07) is 16.8. The van der Waals surface area contributed by atoms with Crippen LogP contribution in [0, 0.1) is 6.92 Å². The molecule has 2 aliphatic rings. The van der Waals surface area contributed by atoms with E-state index < -0.39 is 10.0 Å². The summed E-state index contributed by atoms with van der Waals surface area (Å²) in [7, 11) is -3.50. The van der Waals surface area contributed by atoms with E-state index in [-0.39, 0.29) is 11.9 Å². The molecule has 2 aromatic carbocycles. The molecule has 1 saturated heterocycles. The Hall–Kier alpha value is -2.22. The third-order valence-corrected chi connectivity index (χ3v) is 7.66. The lowest BCUT2D eigenvalue weighted by atomic mass is 10.0. The molecular formula is C22H28N3O3S+. The molecule has 6 nitrogen and oxygen atoms in total. The molecule has 0 unspecified atom stereocenters. The SMILES string of the molecule is Cc1ccc(S(=O)(=O)N2CC[NH+]([C@@H](C(=O)NC3CC3)c3ccccc3)CC2)cc1. The predicted molar refractivity (Wildman–Crippen MR) is 111 cm³/mol. The number of benzene rings is 2. The van der Waals surface area contributed by atoms with E-state index in [0.717, 1.165) is 28.9 Å². The van der Waals surface area contributed by atoms with Crippen LogP contribution in [0.1, 0.15) is 30.0 Å². The first-order valence-corrected chi connectivity index (χ1v) is 11.7. The Bertz CT molecular complexity index is 949. The van der Waals surface area contributed by atoms with Crippen LogP contribution in [-0.4, -0.2) is 50.9 Å². The average molecular weight is 415 g/mol. The normalized spacial score (nSPS) is 19.6. The average Bonchev–Trinajstić information content (AvgIpc) is 3.54. The molecule has 1 aliphatic carbocycles. The quantitative estimate of drug-likeness (QED) is 0.738. The summed E-state index contributed by atoms with van der Waals surface area (Å²) in [5.74, 6) is 0.0449. The number of sulfonamides is 1. The molecule has 2 N–H and O–H groups in total. The van der Waals surface area contributed by atoms with Crippen molar-refractivity contribution in [1.29, 1.82) is 0 Å². The summed E-state index contributed by atoms with van der Waals surface area (Å²) >= 11 is 0. The Labute approximate surface area is 172 Å². The van der Waals surface area contributed by atoms with Gasteiger partial charge in [0.15, 0.2) is 6.04 Å². The highest BCUT2D eigenvalue weighted by molar-refractivity contribution is 7.89. The topological polar surface area (TPSA) is 70.9 Å². The van der Waals surface area contributed by atoms with Crippen LogP contribution < -0.4 is 10.2 Å². The fraction of sp³-hybridized carbons (Fsp3) is 0.409. The molecule has 29 heavy (non-hydrogen) atoms. The number of carbonyl (C=O) groups is 1. The van der Waals surface area contributed by atoms with Crippen molar-refractivity contribution in [2.24, 2.45) is 0 Å².